The number of carbonyl (C=O) groups is 1. The van der Waals surface area contributed by atoms with E-state index < -0.39 is 11.9 Å². The summed E-state index contributed by atoms with van der Waals surface area (Å²) in [5.74, 6) is 0.0858. The van der Waals surface area contributed by atoms with Gasteiger partial charge in [0.05, 0.1) is 13.2 Å². The van der Waals surface area contributed by atoms with E-state index in [9.17, 15) is 9.18 Å². The zero-order valence-corrected chi connectivity index (χ0v) is 17.3. The number of hydrogen-bond donors (Lipinski definition) is 1. The maximum atomic E-state index is 13.7. The molecule has 6 nitrogen and oxygen atoms in total. The standard InChI is InChI=1S/C22H22ClFN4O2/c1-14(29)20-19(13-28-8-10-30-11-9-28)26-22(15-4-6-25-7-5-15)27-21(20)17-3-2-16(24)12-18(17)23/h2-7,12,21H,8-11,13H2,1H3,(H,26,27). The fourth-order valence-corrected chi connectivity index (χ4v) is 3.99. The van der Waals surface area contributed by atoms with Gasteiger partial charge in [0, 0.05) is 59.4 Å². The minimum atomic E-state index is -0.629. The summed E-state index contributed by atoms with van der Waals surface area (Å²) < 4.78 is 19.1. The van der Waals surface area contributed by atoms with Crippen molar-refractivity contribution in [1.29, 1.82) is 0 Å². The maximum absolute atomic E-state index is 13.7. The first-order valence-corrected chi connectivity index (χ1v) is 10.1. The van der Waals surface area contributed by atoms with Gasteiger partial charge < -0.3 is 10.1 Å². The summed E-state index contributed by atoms with van der Waals surface area (Å²) >= 11 is 6.37. The van der Waals surface area contributed by atoms with Crippen LogP contribution in [-0.4, -0.2) is 54.4 Å². The molecule has 0 saturated carbocycles. The van der Waals surface area contributed by atoms with E-state index in [4.69, 9.17) is 21.3 Å². The van der Waals surface area contributed by atoms with Crippen molar-refractivity contribution in [2.75, 3.05) is 32.8 Å². The third kappa shape index (κ3) is 4.43. The molecule has 1 aromatic heterocycles. The number of hydrogen-bond acceptors (Lipinski definition) is 6. The van der Waals surface area contributed by atoms with Crippen LogP contribution in [0.15, 0.2) is 59.0 Å². The number of nitrogens with one attached hydrogen (secondary N) is 1. The maximum Gasteiger partial charge on any atom is 0.160 e. The van der Waals surface area contributed by atoms with Gasteiger partial charge in [0.2, 0.25) is 0 Å². The van der Waals surface area contributed by atoms with Crippen molar-refractivity contribution in [3.8, 4) is 0 Å². The molecule has 0 spiro atoms. The van der Waals surface area contributed by atoms with Gasteiger partial charge in [-0.2, -0.15) is 0 Å². The first kappa shape index (κ1) is 20.7. The fourth-order valence-electron chi connectivity index (χ4n) is 3.72. The molecule has 2 aliphatic heterocycles. The predicted octanol–water partition coefficient (Wildman–Crippen LogP) is 3.14. The van der Waals surface area contributed by atoms with E-state index in [1.54, 1.807) is 18.5 Å². The van der Waals surface area contributed by atoms with Gasteiger partial charge in [0.1, 0.15) is 17.7 Å². The van der Waals surface area contributed by atoms with Crippen LogP contribution in [0.4, 0.5) is 4.39 Å². The van der Waals surface area contributed by atoms with Crippen LogP contribution in [-0.2, 0) is 9.53 Å². The first-order chi connectivity index (χ1) is 14.5. The number of benzene rings is 1. The van der Waals surface area contributed by atoms with Gasteiger partial charge in [-0.05, 0) is 31.2 Å². The van der Waals surface area contributed by atoms with Crippen molar-refractivity contribution in [2.24, 2.45) is 4.99 Å². The normalized spacial score (nSPS) is 20.0. The Balaban J connectivity index is 1.80. The molecule has 2 aliphatic rings. The third-order valence-electron chi connectivity index (χ3n) is 5.20. The van der Waals surface area contributed by atoms with E-state index in [-0.39, 0.29) is 10.8 Å². The zero-order valence-electron chi connectivity index (χ0n) is 16.6. The van der Waals surface area contributed by atoms with Crippen LogP contribution in [0.3, 0.4) is 0 Å². The van der Waals surface area contributed by atoms with E-state index in [2.05, 4.69) is 15.2 Å². The van der Waals surface area contributed by atoms with Gasteiger partial charge in [0.15, 0.2) is 5.78 Å². The van der Waals surface area contributed by atoms with Gasteiger partial charge in [-0.3, -0.25) is 19.7 Å². The Labute approximate surface area is 179 Å². The molecule has 2 aromatic rings. The van der Waals surface area contributed by atoms with Crippen LogP contribution in [0.2, 0.25) is 5.02 Å². The second-order valence-electron chi connectivity index (χ2n) is 7.24. The monoisotopic (exact) mass is 428 g/mol. The summed E-state index contributed by atoms with van der Waals surface area (Å²) in [6, 6.07) is 7.25. The Morgan fingerprint density at radius 3 is 2.67 bits per heavy atom. The molecule has 1 unspecified atom stereocenters. The summed E-state index contributed by atoms with van der Waals surface area (Å²) in [5.41, 5.74) is 2.75. The number of ketones is 1. The number of halogens is 2. The summed E-state index contributed by atoms with van der Waals surface area (Å²) in [7, 11) is 0. The van der Waals surface area contributed by atoms with Crippen LogP contribution in [0.5, 0.6) is 0 Å². The van der Waals surface area contributed by atoms with Crippen LogP contribution in [0.1, 0.15) is 24.1 Å². The minimum Gasteiger partial charge on any atom is -0.379 e. The number of Topliss-reactive ketones (excluding diaryl/α,β-unsaturated/α-hetero) is 1. The van der Waals surface area contributed by atoms with Crippen LogP contribution in [0, 0.1) is 5.82 Å². The molecule has 1 fully saturated rings. The Bertz CT molecular complexity index is 1000. The van der Waals surface area contributed by atoms with Crippen molar-refractivity contribution >= 4 is 23.2 Å². The molecule has 0 bridgehead atoms. The number of aromatic nitrogens is 1. The quantitative estimate of drug-likeness (QED) is 0.792. The van der Waals surface area contributed by atoms with E-state index in [0.29, 0.717) is 36.7 Å². The number of ether oxygens (including phenoxy) is 1. The molecule has 0 amide bonds. The highest BCUT2D eigenvalue weighted by Gasteiger charge is 2.31. The summed E-state index contributed by atoms with van der Waals surface area (Å²) in [6.45, 7) is 4.94. The molecule has 8 heteroatoms. The van der Waals surface area contributed by atoms with Crippen molar-refractivity contribution < 1.29 is 13.9 Å². The lowest BCUT2D eigenvalue weighted by molar-refractivity contribution is -0.114. The number of morpholine rings is 1. The van der Waals surface area contributed by atoms with Crippen molar-refractivity contribution in [3.63, 3.8) is 0 Å². The lowest BCUT2D eigenvalue weighted by Crippen LogP contribution is -2.43. The molecule has 1 aromatic carbocycles. The second kappa shape index (κ2) is 9.04. The van der Waals surface area contributed by atoms with Gasteiger partial charge in [-0.15, -0.1) is 0 Å². The highest BCUT2D eigenvalue weighted by atomic mass is 35.5. The summed E-state index contributed by atoms with van der Waals surface area (Å²) in [6.07, 6.45) is 3.37. The van der Waals surface area contributed by atoms with E-state index in [1.165, 1.54) is 19.1 Å². The van der Waals surface area contributed by atoms with Crippen molar-refractivity contribution in [2.45, 2.75) is 13.0 Å². The number of carbonyl (C=O) groups excluding carboxylic acids is 1. The number of amidine groups is 1. The van der Waals surface area contributed by atoms with Crippen LogP contribution >= 0.6 is 11.6 Å². The number of nitrogens with zero attached hydrogens (tertiary/aromatic N) is 3. The molecule has 1 N–H and O–H groups in total. The van der Waals surface area contributed by atoms with Crippen LogP contribution in [0.25, 0.3) is 0 Å². The Morgan fingerprint density at radius 2 is 2.00 bits per heavy atom. The average molecular weight is 429 g/mol. The second-order valence-corrected chi connectivity index (χ2v) is 7.65. The molecule has 30 heavy (non-hydrogen) atoms. The van der Waals surface area contributed by atoms with Gasteiger partial charge in [-0.25, -0.2) is 4.39 Å². The van der Waals surface area contributed by atoms with Gasteiger partial charge in [-0.1, -0.05) is 17.7 Å². The molecular formula is C22H22ClFN4O2. The van der Waals surface area contributed by atoms with Gasteiger partial charge in [0.25, 0.3) is 0 Å². The van der Waals surface area contributed by atoms with Gasteiger partial charge >= 0.3 is 0 Å². The smallest absolute Gasteiger partial charge is 0.160 e. The highest BCUT2D eigenvalue weighted by Crippen LogP contribution is 2.36. The Kier molecular flexibility index (Phi) is 6.22. The Hall–Kier alpha value is -2.61. The molecule has 1 atom stereocenters. The largest absolute Gasteiger partial charge is 0.379 e. The van der Waals surface area contributed by atoms with E-state index in [1.807, 2.05) is 12.1 Å². The highest BCUT2D eigenvalue weighted by molar-refractivity contribution is 6.31. The average Bonchev–Trinajstić information content (AvgIpc) is 2.74. The van der Waals surface area contributed by atoms with E-state index >= 15 is 0 Å². The van der Waals surface area contributed by atoms with Crippen molar-refractivity contribution in [1.82, 2.24) is 15.2 Å². The van der Waals surface area contributed by atoms with Crippen molar-refractivity contribution in [3.05, 3.63) is 76.0 Å². The third-order valence-corrected chi connectivity index (χ3v) is 5.53. The lowest BCUT2D eigenvalue weighted by Gasteiger charge is -2.33. The molecule has 1 saturated heterocycles. The topological polar surface area (TPSA) is 66.8 Å². The number of aliphatic imine (C=N–C) groups is 1. The molecule has 3 heterocycles. The Morgan fingerprint density at radius 1 is 1.27 bits per heavy atom. The fraction of sp³-hybridized carbons (Fsp3) is 0.318. The summed E-state index contributed by atoms with van der Waals surface area (Å²) in [4.78, 5) is 23.8. The van der Waals surface area contributed by atoms with E-state index in [0.717, 1.165) is 24.4 Å². The number of pyridine rings is 1. The first-order valence-electron chi connectivity index (χ1n) is 9.77. The molecular weight excluding hydrogens is 407 g/mol. The minimum absolute atomic E-state index is 0.103. The molecule has 4 rings (SSSR count). The lowest BCUT2D eigenvalue weighted by atomic mass is 9.92. The molecule has 0 aliphatic carbocycles. The predicted molar refractivity (Wildman–Crippen MR) is 113 cm³/mol. The summed E-state index contributed by atoms with van der Waals surface area (Å²) in [5, 5.41) is 3.60. The zero-order chi connectivity index (χ0) is 21.1. The van der Waals surface area contributed by atoms with Crippen LogP contribution < -0.4 is 5.32 Å². The SMILES string of the molecule is CC(=O)C1=C(CN2CCOCC2)NC(c2ccncc2)=NC1c1ccc(F)cc1Cl. The molecule has 156 valence electrons. The number of rotatable bonds is 5. The molecule has 0 radical (unpaired) electrons.